The van der Waals surface area contributed by atoms with E-state index < -0.39 is 0 Å². The van der Waals surface area contributed by atoms with Crippen molar-refractivity contribution in [2.75, 3.05) is 0 Å². The minimum absolute atomic E-state index is 0.110. The van der Waals surface area contributed by atoms with E-state index in [-0.39, 0.29) is 5.56 Å². The molecule has 16 heavy (non-hydrogen) atoms. The van der Waals surface area contributed by atoms with Crippen molar-refractivity contribution < 1.29 is 0 Å². The van der Waals surface area contributed by atoms with Crippen LogP contribution in [0, 0.1) is 20.8 Å². The molecule has 0 aliphatic carbocycles. The van der Waals surface area contributed by atoms with Crippen LogP contribution in [0.4, 0.5) is 0 Å². The van der Waals surface area contributed by atoms with Gasteiger partial charge in [-0.1, -0.05) is 17.2 Å². The van der Waals surface area contributed by atoms with Gasteiger partial charge in [0, 0.05) is 17.3 Å². The topological polar surface area (TPSA) is 45.8 Å². The van der Waals surface area contributed by atoms with Crippen molar-refractivity contribution in [1.82, 2.24) is 9.97 Å². The van der Waals surface area contributed by atoms with E-state index in [0.717, 1.165) is 11.3 Å². The van der Waals surface area contributed by atoms with E-state index in [4.69, 9.17) is 0 Å². The summed E-state index contributed by atoms with van der Waals surface area (Å²) in [5, 5.41) is 0. The van der Waals surface area contributed by atoms with Gasteiger partial charge in [-0.2, -0.15) is 0 Å². The fourth-order valence-electron chi connectivity index (χ4n) is 1.83. The van der Waals surface area contributed by atoms with Crippen LogP contribution >= 0.6 is 0 Å². The third-order valence-electron chi connectivity index (χ3n) is 2.36. The molecule has 1 aromatic carbocycles. The molecule has 0 atom stereocenters. The molecule has 1 aromatic heterocycles. The Morgan fingerprint density at radius 1 is 1.00 bits per heavy atom. The van der Waals surface area contributed by atoms with Gasteiger partial charge in [-0.3, -0.25) is 4.79 Å². The van der Waals surface area contributed by atoms with Crippen molar-refractivity contribution >= 4 is 0 Å². The Morgan fingerprint density at radius 3 is 2.19 bits per heavy atom. The van der Waals surface area contributed by atoms with E-state index in [1.807, 2.05) is 32.9 Å². The van der Waals surface area contributed by atoms with Gasteiger partial charge in [0.2, 0.25) is 0 Å². The van der Waals surface area contributed by atoms with Crippen molar-refractivity contribution in [1.29, 1.82) is 0 Å². The number of aromatic nitrogens is 2. The summed E-state index contributed by atoms with van der Waals surface area (Å²) in [5.41, 5.74) is 3.91. The molecule has 2 aromatic rings. The second kappa shape index (κ2) is 3.93. The fourth-order valence-corrected chi connectivity index (χ4v) is 1.83. The number of hydrogen-bond acceptors (Lipinski definition) is 2. The molecule has 0 aliphatic rings. The SMILES string of the molecule is Cc1cc(C)cc(-c2nc(C)cc(=O)[nH]2)c1. The highest BCUT2D eigenvalue weighted by atomic mass is 16.1. The van der Waals surface area contributed by atoms with Crippen molar-refractivity contribution in [3.63, 3.8) is 0 Å². The number of aromatic amines is 1. The highest BCUT2D eigenvalue weighted by molar-refractivity contribution is 5.57. The summed E-state index contributed by atoms with van der Waals surface area (Å²) in [7, 11) is 0. The van der Waals surface area contributed by atoms with Crippen LogP contribution in [0.2, 0.25) is 0 Å². The van der Waals surface area contributed by atoms with Crippen molar-refractivity contribution in [3.8, 4) is 11.4 Å². The lowest BCUT2D eigenvalue weighted by Gasteiger charge is -2.04. The van der Waals surface area contributed by atoms with Crippen LogP contribution in [0.15, 0.2) is 29.1 Å². The summed E-state index contributed by atoms with van der Waals surface area (Å²) < 4.78 is 0. The highest BCUT2D eigenvalue weighted by Crippen LogP contribution is 2.17. The van der Waals surface area contributed by atoms with Crippen LogP contribution in [0.3, 0.4) is 0 Å². The summed E-state index contributed by atoms with van der Waals surface area (Å²) in [5.74, 6) is 0.636. The molecule has 3 nitrogen and oxygen atoms in total. The zero-order chi connectivity index (χ0) is 11.7. The van der Waals surface area contributed by atoms with E-state index in [1.54, 1.807) is 0 Å². The van der Waals surface area contributed by atoms with Gasteiger partial charge < -0.3 is 4.98 Å². The number of benzene rings is 1. The lowest BCUT2D eigenvalue weighted by atomic mass is 10.1. The Balaban J connectivity index is 2.62. The molecule has 0 spiro atoms. The Labute approximate surface area is 94.2 Å². The summed E-state index contributed by atoms with van der Waals surface area (Å²) in [6.45, 7) is 5.89. The number of H-pyrrole nitrogens is 1. The van der Waals surface area contributed by atoms with E-state index in [9.17, 15) is 4.79 Å². The maximum Gasteiger partial charge on any atom is 0.251 e. The van der Waals surface area contributed by atoms with Gasteiger partial charge in [0.05, 0.1) is 0 Å². The first-order chi connectivity index (χ1) is 7.54. The van der Waals surface area contributed by atoms with Crippen molar-refractivity contribution in [2.24, 2.45) is 0 Å². The predicted molar refractivity (Wildman–Crippen MR) is 64.5 cm³/mol. The summed E-state index contributed by atoms with van der Waals surface area (Å²) in [6.07, 6.45) is 0. The molecule has 0 unspecified atom stereocenters. The molecule has 1 heterocycles. The van der Waals surface area contributed by atoms with Crippen LogP contribution in [-0.2, 0) is 0 Å². The van der Waals surface area contributed by atoms with Crippen LogP contribution in [0.1, 0.15) is 16.8 Å². The molecule has 0 amide bonds. The molecule has 0 bridgehead atoms. The number of nitrogens with one attached hydrogen (secondary N) is 1. The van der Waals surface area contributed by atoms with Gasteiger partial charge in [-0.05, 0) is 32.9 Å². The van der Waals surface area contributed by atoms with Gasteiger partial charge in [0.15, 0.2) is 0 Å². The van der Waals surface area contributed by atoms with Crippen LogP contribution < -0.4 is 5.56 Å². The third kappa shape index (κ3) is 2.19. The van der Waals surface area contributed by atoms with E-state index in [2.05, 4.69) is 16.0 Å². The lowest BCUT2D eigenvalue weighted by molar-refractivity contribution is 1.07. The van der Waals surface area contributed by atoms with E-state index in [1.165, 1.54) is 17.2 Å². The third-order valence-corrected chi connectivity index (χ3v) is 2.36. The van der Waals surface area contributed by atoms with Gasteiger partial charge >= 0.3 is 0 Å². The largest absolute Gasteiger partial charge is 0.307 e. The molecule has 0 fully saturated rings. The van der Waals surface area contributed by atoms with Gasteiger partial charge in [-0.25, -0.2) is 4.98 Å². The Hall–Kier alpha value is -1.90. The quantitative estimate of drug-likeness (QED) is 0.792. The molecule has 2 rings (SSSR count). The molecule has 0 radical (unpaired) electrons. The first-order valence-electron chi connectivity index (χ1n) is 5.21. The van der Waals surface area contributed by atoms with Gasteiger partial charge in [0.1, 0.15) is 5.82 Å². The molecule has 3 heteroatoms. The second-order valence-electron chi connectivity index (χ2n) is 4.11. The molecular formula is C13H14N2O. The molecular weight excluding hydrogens is 200 g/mol. The van der Waals surface area contributed by atoms with Gasteiger partial charge in [-0.15, -0.1) is 0 Å². The standard InChI is InChI=1S/C13H14N2O/c1-8-4-9(2)6-11(5-8)13-14-10(3)7-12(16)15-13/h4-7H,1-3H3,(H,14,15,16). The molecule has 0 aliphatic heterocycles. The maximum absolute atomic E-state index is 11.4. The molecule has 0 saturated carbocycles. The Bertz CT molecular complexity index is 564. The van der Waals surface area contributed by atoms with Crippen molar-refractivity contribution in [3.05, 3.63) is 51.4 Å². The summed E-state index contributed by atoms with van der Waals surface area (Å²) in [4.78, 5) is 18.4. The Kier molecular flexibility index (Phi) is 2.60. The molecule has 1 N–H and O–H groups in total. The fraction of sp³-hybridized carbons (Fsp3) is 0.231. The maximum atomic E-state index is 11.4. The molecule has 82 valence electrons. The highest BCUT2D eigenvalue weighted by Gasteiger charge is 2.03. The number of aryl methyl sites for hydroxylation is 3. The van der Waals surface area contributed by atoms with Crippen LogP contribution in [0.5, 0.6) is 0 Å². The minimum Gasteiger partial charge on any atom is -0.307 e. The lowest BCUT2D eigenvalue weighted by Crippen LogP contribution is -2.08. The van der Waals surface area contributed by atoms with Crippen molar-refractivity contribution in [2.45, 2.75) is 20.8 Å². The first kappa shape index (κ1) is 10.6. The number of hydrogen-bond donors (Lipinski definition) is 1. The first-order valence-corrected chi connectivity index (χ1v) is 5.21. The van der Waals surface area contributed by atoms with E-state index >= 15 is 0 Å². The second-order valence-corrected chi connectivity index (χ2v) is 4.11. The van der Waals surface area contributed by atoms with Crippen LogP contribution in [0.25, 0.3) is 11.4 Å². The Morgan fingerprint density at radius 2 is 1.62 bits per heavy atom. The normalized spacial score (nSPS) is 10.4. The number of nitrogens with zero attached hydrogens (tertiary/aromatic N) is 1. The zero-order valence-corrected chi connectivity index (χ0v) is 9.66. The van der Waals surface area contributed by atoms with E-state index in [0.29, 0.717) is 5.82 Å². The minimum atomic E-state index is -0.110. The molecule has 0 saturated heterocycles. The zero-order valence-electron chi connectivity index (χ0n) is 9.66. The summed E-state index contributed by atoms with van der Waals surface area (Å²) in [6, 6.07) is 7.62. The number of rotatable bonds is 1. The van der Waals surface area contributed by atoms with Gasteiger partial charge in [0.25, 0.3) is 5.56 Å². The summed E-state index contributed by atoms with van der Waals surface area (Å²) >= 11 is 0. The smallest absolute Gasteiger partial charge is 0.251 e. The average molecular weight is 214 g/mol. The monoisotopic (exact) mass is 214 g/mol. The van der Waals surface area contributed by atoms with Crippen LogP contribution in [-0.4, -0.2) is 9.97 Å². The average Bonchev–Trinajstić information content (AvgIpc) is 2.14. The predicted octanol–water partition coefficient (Wildman–Crippen LogP) is 2.36.